The predicted molar refractivity (Wildman–Crippen MR) is 125 cm³/mol. The number of aryl methyl sites for hydroxylation is 1. The van der Waals surface area contributed by atoms with Crippen molar-refractivity contribution in [1.29, 1.82) is 0 Å². The molecule has 0 aliphatic carbocycles. The third-order valence-corrected chi connectivity index (χ3v) is 7.32. The highest BCUT2D eigenvalue weighted by Gasteiger charge is 2.36. The minimum atomic E-state index is -0.406. The molecular weight excluding hydrogens is 448 g/mol. The van der Waals surface area contributed by atoms with Crippen LogP contribution in [0.25, 0.3) is 5.70 Å². The SMILES string of the molecule is C=C1c2csc(CNC(=O)NCc3ccc(C)c(Cl)c3)c2CN1C1CCCC(=O)NC1=O. The fourth-order valence-electron chi connectivity index (χ4n) is 4.02. The highest BCUT2D eigenvalue weighted by molar-refractivity contribution is 7.10. The Morgan fingerprint density at radius 2 is 2.09 bits per heavy atom. The van der Waals surface area contributed by atoms with Crippen LogP contribution in [0.2, 0.25) is 5.02 Å². The van der Waals surface area contributed by atoms with E-state index in [1.54, 1.807) is 11.3 Å². The van der Waals surface area contributed by atoms with E-state index in [1.807, 2.05) is 35.4 Å². The summed E-state index contributed by atoms with van der Waals surface area (Å²) in [6.45, 7) is 7.43. The van der Waals surface area contributed by atoms with Gasteiger partial charge in [0.25, 0.3) is 0 Å². The Balaban J connectivity index is 1.35. The molecule has 3 N–H and O–H groups in total. The molecule has 7 nitrogen and oxygen atoms in total. The fraction of sp³-hybridized carbons (Fsp3) is 0.348. The van der Waals surface area contributed by atoms with E-state index in [2.05, 4.69) is 22.5 Å². The molecule has 1 saturated heterocycles. The quantitative estimate of drug-likeness (QED) is 0.579. The molecule has 168 valence electrons. The Hall–Kier alpha value is -2.84. The molecule has 1 unspecified atom stereocenters. The highest BCUT2D eigenvalue weighted by atomic mass is 35.5. The molecule has 1 atom stereocenters. The molecule has 9 heteroatoms. The van der Waals surface area contributed by atoms with Crippen molar-refractivity contribution < 1.29 is 14.4 Å². The van der Waals surface area contributed by atoms with E-state index in [4.69, 9.17) is 11.6 Å². The minimum Gasteiger partial charge on any atom is -0.355 e. The topological polar surface area (TPSA) is 90.5 Å². The first kappa shape index (κ1) is 22.4. The molecule has 0 radical (unpaired) electrons. The first-order valence-corrected chi connectivity index (χ1v) is 11.7. The molecule has 1 aromatic carbocycles. The van der Waals surface area contributed by atoms with Crippen LogP contribution < -0.4 is 16.0 Å². The summed E-state index contributed by atoms with van der Waals surface area (Å²) in [7, 11) is 0. The van der Waals surface area contributed by atoms with E-state index in [-0.39, 0.29) is 17.8 Å². The van der Waals surface area contributed by atoms with Crippen molar-refractivity contribution in [1.82, 2.24) is 20.9 Å². The number of imide groups is 1. The van der Waals surface area contributed by atoms with Gasteiger partial charge in [-0.2, -0.15) is 0 Å². The van der Waals surface area contributed by atoms with Gasteiger partial charge >= 0.3 is 6.03 Å². The summed E-state index contributed by atoms with van der Waals surface area (Å²) < 4.78 is 0. The van der Waals surface area contributed by atoms with Crippen LogP contribution in [0.15, 0.2) is 30.2 Å². The lowest BCUT2D eigenvalue weighted by Gasteiger charge is -2.28. The van der Waals surface area contributed by atoms with Gasteiger partial charge in [-0.15, -0.1) is 11.3 Å². The van der Waals surface area contributed by atoms with Gasteiger partial charge in [0.2, 0.25) is 11.8 Å². The van der Waals surface area contributed by atoms with Crippen molar-refractivity contribution in [3.05, 3.63) is 62.3 Å². The van der Waals surface area contributed by atoms with Crippen LogP contribution in [-0.4, -0.2) is 28.8 Å². The van der Waals surface area contributed by atoms with Crippen LogP contribution in [0.5, 0.6) is 0 Å². The first-order chi connectivity index (χ1) is 15.3. The molecule has 4 amide bonds. The summed E-state index contributed by atoms with van der Waals surface area (Å²) in [6, 6.07) is 5.04. The van der Waals surface area contributed by atoms with E-state index in [9.17, 15) is 14.4 Å². The number of benzene rings is 1. The van der Waals surface area contributed by atoms with Crippen molar-refractivity contribution in [2.24, 2.45) is 0 Å². The van der Waals surface area contributed by atoms with Gasteiger partial charge in [-0.05, 0) is 42.5 Å². The van der Waals surface area contributed by atoms with Crippen LogP contribution in [0, 0.1) is 6.92 Å². The Labute approximate surface area is 195 Å². The molecular formula is C23H25ClN4O3S. The zero-order chi connectivity index (χ0) is 22.8. The number of hydrogen-bond acceptors (Lipinski definition) is 5. The number of nitrogens with one attached hydrogen (secondary N) is 3. The zero-order valence-electron chi connectivity index (χ0n) is 17.8. The summed E-state index contributed by atoms with van der Waals surface area (Å²) in [5.41, 5.74) is 4.80. The smallest absolute Gasteiger partial charge is 0.315 e. The van der Waals surface area contributed by atoms with E-state index in [0.29, 0.717) is 43.9 Å². The number of thiophene rings is 1. The number of carbonyl (C=O) groups excluding carboxylic acids is 3. The van der Waals surface area contributed by atoms with Crippen molar-refractivity contribution >= 4 is 46.5 Å². The number of hydrogen-bond donors (Lipinski definition) is 3. The Morgan fingerprint density at radius 1 is 1.31 bits per heavy atom. The van der Waals surface area contributed by atoms with Crippen molar-refractivity contribution in [2.45, 2.75) is 51.9 Å². The number of fused-ring (bicyclic) bond motifs is 1. The van der Waals surface area contributed by atoms with Crippen molar-refractivity contribution in [2.75, 3.05) is 0 Å². The number of nitrogens with zero attached hydrogens (tertiary/aromatic N) is 1. The van der Waals surface area contributed by atoms with E-state index < -0.39 is 6.04 Å². The predicted octanol–water partition coefficient (Wildman–Crippen LogP) is 3.69. The second-order valence-electron chi connectivity index (χ2n) is 8.07. The maximum Gasteiger partial charge on any atom is 0.315 e. The molecule has 0 saturated carbocycles. The third-order valence-electron chi connectivity index (χ3n) is 5.89. The second-order valence-corrected chi connectivity index (χ2v) is 9.44. The summed E-state index contributed by atoms with van der Waals surface area (Å²) in [5.74, 6) is -0.488. The second kappa shape index (κ2) is 9.34. The summed E-state index contributed by atoms with van der Waals surface area (Å²) in [5, 5.41) is 10.9. The Kier molecular flexibility index (Phi) is 6.53. The van der Waals surface area contributed by atoms with Crippen LogP contribution in [0.1, 0.15) is 46.4 Å². The normalized spacial score (nSPS) is 18.2. The van der Waals surface area contributed by atoms with Crippen LogP contribution in [0.3, 0.4) is 0 Å². The van der Waals surface area contributed by atoms with Gasteiger partial charge in [-0.25, -0.2) is 4.79 Å². The lowest BCUT2D eigenvalue weighted by atomic mass is 10.1. The molecule has 1 aromatic heterocycles. The van der Waals surface area contributed by atoms with Gasteiger partial charge in [-0.1, -0.05) is 30.3 Å². The van der Waals surface area contributed by atoms with Gasteiger partial charge in [0.15, 0.2) is 0 Å². The Morgan fingerprint density at radius 3 is 2.88 bits per heavy atom. The van der Waals surface area contributed by atoms with Crippen LogP contribution in [0.4, 0.5) is 4.79 Å². The Bertz CT molecular complexity index is 1100. The molecule has 0 bridgehead atoms. The fourth-order valence-corrected chi connectivity index (χ4v) is 5.24. The molecule has 32 heavy (non-hydrogen) atoms. The van der Waals surface area contributed by atoms with Gasteiger partial charge in [-0.3, -0.25) is 14.9 Å². The van der Waals surface area contributed by atoms with Crippen LogP contribution >= 0.6 is 22.9 Å². The van der Waals surface area contributed by atoms with Gasteiger partial charge in [0, 0.05) is 46.1 Å². The minimum absolute atomic E-state index is 0.222. The average molecular weight is 473 g/mol. The zero-order valence-corrected chi connectivity index (χ0v) is 19.4. The number of urea groups is 1. The third kappa shape index (κ3) is 4.66. The summed E-state index contributed by atoms with van der Waals surface area (Å²) in [4.78, 5) is 39.4. The number of rotatable bonds is 5. The maximum atomic E-state index is 12.5. The van der Waals surface area contributed by atoms with E-state index in [0.717, 1.165) is 32.8 Å². The lowest BCUT2D eigenvalue weighted by Crippen LogP contribution is -2.44. The van der Waals surface area contributed by atoms with Gasteiger partial charge in [0.05, 0.1) is 6.54 Å². The van der Waals surface area contributed by atoms with E-state index in [1.165, 1.54) is 0 Å². The van der Waals surface area contributed by atoms with Crippen molar-refractivity contribution in [3.8, 4) is 0 Å². The van der Waals surface area contributed by atoms with Crippen molar-refractivity contribution in [3.63, 3.8) is 0 Å². The first-order valence-electron chi connectivity index (χ1n) is 10.5. The monoisotopic (exact) mass is 472 g/mol. The standard InChI is InChI=1S/C23H25ClN4O3S/c1-13-6-7-15(8-18(13)24)9-25-23(31)26-10-20-16-11-28(14(2)17(16)12-32-20)19-4-3-5-21(29)27-22(19)30/h6-8,12,19H,2-5,9-11H2,1H3,(H2,25,26,31)(H,27,29,30). The largest absolute Gasteiger partial charge is 0.355 e. The number of carbonyl (C=O) groups is 3. The molecule has 3 heterocycles. The molecule has 2 aliphatic rings. The number of halogens is 1. The van der Waals surface area contributed by atoms with Gasteiger partial charge in [0.1, 0.15) is 6.04 Å². The molecule has 0 spiro atoms. The molecule has 2 aromatic rings. The van der Waals surface area contributed by atoms with E-state index >= 15 is 0 Å². The average Bonchev–Trinajstić information content (AvgIpc) is 3.24. The molecule has 2 aliphatic heterocycles. The molecule has 1 fully saturated rings. The maximum absolute atomic E-state index is 12.5. The molecule has 4 rings (SSSR count). The highest BCUT2D eigenvalue weighted by Crippen LogP contribution is 2.39. The lowest BCUT2D eigenvalue weighted by molar-refractivity contribution is -0.131. The number of amides is 4. The van der Waals surface area contributed by atoms with Gasteiger partial charge < -0.3 is 15.5 Å². The van der Waals surface area contributed by atoms with Crippen LogP contribution in [-0.2, 0) is 29.2 Å². The summed E-state index contributed by atoms with van der Waals surface area (Å²) >= 11 is 7.70. The summed E-state index contributed by atoms with van der Waals surface area (Å²) in [6.07, 6.45) is 1.64.